The third-order valence-corrected chi connectivity index (χ3v) is 7.12. The van der Waals surface area contributed by atoms with Gasteiger partial charge in [0.25, 0.3) is 0 Å². The maximum absolute atomic E-state index is 13.5. The predicted molar refractivity (Wildman–Crippen MR) is 168 cm³/mol. The van der Waals surface area contributed by atoms with Crippen LogP contribution in [0.4, 0.5) is 0 Å². The number of benzene rings is 4. The molecule has 5 atom stereocenters. The molecule has 5 rings (SSSR count). The van der Waals surface area contributed by atoms with E-state index in [0.29, 0.717) is 0 Å². The van der Waals surface area contributed by atoms with Crippen LogP contribution in [0.3, 0.4) is 0 Å². The molecule has 4 aromatic rings. The number of hydrogen-bond donors (Lipinski definition) is 0. The molecule has 0 unspecified atom stereocenters. The van der Waals surface area contributed by atoms with Gasteiger partial charge < -0.3 is 28.4 Å². The lowest BCUT2D eigenvalue weighted by molar-refractivity contribution is -0.295. The summed E-state index contributed by atoms with van der Waals surface area (Å²) in [7, 11) is 0. The minimum atomic E-state index is -1.48. The number of rotatable bonds is 12. The first-order valence-electron chi connectivity index (χ1n) is 14.8. The maximum atomic E-state index is 13.5. The summed E-state index contributed by atoms with van der Waals surface area (Å²) in [6.45, 7) is 3.19. The lowest BCUT2D eigenvalue weighted by Crippen LogP contribution is -2.63. The van der Waals surface area contributed by atoms with Gasteiger partial charge in [0.15, 0.2) is 24.6 Å². The van der Waals surface area contributed by atoms with Gasteiger partial charge in [-0.2, -0.15) is 0 Å². The van der Waals surface area contributed by atoms with Crippen molar-refractivity contribution < 1.29 is 47.6 Å². The summed E-state index contributed by atoms with van der Waals surface area (Å²) in [6, 6.07) is 32.7. The second-order valence-electron chi connectivity index (χ2n) is 10.3. The van der Waals surface area contributed by atoms with E-state index in [1.54, 1.807) is 121 Å². The minimum absolute atomic E-state index is 0.0472. The molecule has 47 heavy (non-hydrogen) atoms. The molecule has 0 spiro atoms. The molecular formula is C37H32O10. The lowest BCUT2D eigenvalue weighted by Gasteiger charge is -2.44. The molecule has 1 aliphatic heterocycles. The Morgan fingerprint density at radius 2 is 0.936 bits per heavy atom. The fraction of sp³-hybridized carbons (Fsp3) is 0.189. The second-order valence-corrected chi connectivity index (χ2v) is 10.3. The Morgan fingerprint density at radius 3 is 1.36 bits per heavy atom. The summed E-state index contributed by atoms with van der Waals surface area (Å²) in [5.74, 6) is -3.00. The Balaban J connectivity index is 1.53. The predicted octanol–water partition coefficient (Wildman–Crippen LogP) is 5.45. The third kappa shape index (κ3) is 8.57. The maximum Gasteiger partial charge on any atom is 0.338 e. The topological polar surface area (TPSA) is 124 Å². The SMILES string of the molecule is C=CCO[C@@H]1O[C@H](COC(=O)c2ccccc2)[C@@H](OC(=O)c2ccccc2)[C@H](OC(=O)c2ccccc2)[C@H]1OC(=O)c1ccccc1. The van der Waals surface area contributed by atoms with E-state index in [0.717, 1.165) is 0 Å². The fourth-order valence-electron chi connectivity index (χ4n) is 4.82. The van der Waals surface area contributed by atoms with Crippen molar-refractivity contribution in [3.63, 3.8) is 0 Å². The Morgan fingerprint density at radius 1 is 0.553 bits per heavy atom. The van der Waals surface area contributed by atoms with Crippen LogP contribution in [0.15, 0.2) is 134 Å². The average Bonchev–Trinajstić information content (AvgIpc) is 3.13. The second kappa shape index (κ2) is 16.1. The Bertz CT molecular complexity index is 1640. The van der Waals surface area contributed by atoms with Crippen molar-refractivity contribution in [2.45, 2.75) is 30.7 Å². The summed E-state index contributed by atoms with van der Waals surface area (Å²) in [6.07, 6.45) is -5.49. The molecule has 1 aliphatic rings. The zero-order valence-corrected chi connectivity index (χ0v) is 25.2. The van der Waals surface area contributed by atoms with Crippen molar-refractivity contribution >= 4 is 23.9 Å². The van der Waals surface area contributed by atoms with Crippen molar-refractivity contribution in [2.75, 3.05) is 13.2 Å². The first-order valence-corrected chi connectivity index (χ1v) is 14.8. The van der Waals surface area contributed by atoms with Crippen LogP contribution < -0.4 is 0 Å². The molecule has 1 saturated heterocycles. The van der Waals surface area contributed by atoms with Crippen LogP contribution in [0.25, 0.3) is 0 Å². The van der Waals surface area contributed by atoms with Gasteiger partial charge in [-0.05, 0) is 48.5 Å². The van der Waals surface area contributed by atoms with Gasteiger partial charge in [-0.3, -0.25) is 0 Å². The summed E-state index contributed by atoms with van der Waals surface area (Å²) in [5.41, 5.74) is 0.876. The van der Waals surface area contributed by atoms with Gasteiger partial charge in [0, 0.05) is 0 Å². The van der Waals surface area contributed by atoms with Crippen LogP contribution in [0.1, 0.15) is 41.4 Å². The summed E-state index contributed by atoms with van der Waals surface area (Å²) >= 11 is 0. The number of hydrogen-bond acceptors (Lipinski definition) is 10. The van der Waals surface area contributed by atoms with Crippen LogP contribution in [0.2, 0.25) is 0 Å². The van der Waals surface area contributed by atoms with E-state index < -0.39 is 61.2 Å². The highest BCUT2D eigenvalue weighted by Gasteiger charge is 2.53. The van der Waals surface area contributed by atoms with Gasteiger partial charge in [-0.25, -0.2) is 19.2 Å². The van der Waals surface area contributed by atoms with Crippen LogP contribution in [-0.4, -0.2) is 67.8 Å². The van der Waals surface area contributed by atoms with Gasteiger partial charge in [-0.1, -0.05) is 78.9 Å². The van der Waals surface area contributed by atoms with Crippen molar-refractivity contribution in [1.82, 2.24) is 0 Å². The molecule has 10 nitrogen and oxygen atoms in total. The van der Waals surface area contributed by atoms with Gasteiger partial charge in [0.2, 0.25) is 0 Å². The van der Waals surface area contributed by atoms with E-state index in [1.165, 1.54) is 6.08 Å². The molecule has 0 radical (unpaired) electrons. The molecule has 4 aromatic carbocycles. The highest BCUT2D eigenvalue weighted by Crippen LogP contribution is 2.31. The molecular weight excluding hydrogens is 604 g/mol. The quantitative estimate of drug-likeness (QED) is 0.113. The number of esters is 4. The zero-order valence-electron chi connectivity index (χ0n) is 25.2. The van der Waals surface area contributed by atoms with Crippen molar-refractivity contribution in [2.24, 2.45) is 0 Å². The average molecular weight is 637 g/mol. The van der Waals surface area contributed by atoms with E-state index in [1.807, 2.05) is 0 Å². The molecule has 10 heteroatoms. The van der Waals surface area contributed by atoms with E-state index in [9.17, 15) is 19.2 Å². The number of carbonyl (C=O) groups excluding carboxylic acids is 4. The van der Waals surface area contributed by atoms with Crippen LogP contribution >= 0.6 is 0 Å². The van der Waals surface area contributed by atoms with Crippen LogP contribution in [0.5, 0.6) is 0 Å². The van der Waals surface area contributed by atoms with Crippen molar-refractivity contribution in [3.05, 3.63) is 156 Å². The molecule has 0 aliphatic carbocycles. The lowest BCUT2D eigenvalue weighted by atomic mass is 9.97. The van der Waals surface area contributed by atoms with Crippen LogP contribution in [-0.2, 0) is 28.4 Å². The molecule has 0 saturated carbocycles. The smallest absolute Gasteiger partial charge is 0.338 e. The molecule has 240 valence electrons. The Hall–Kier alpha value is -5.58. The van der Waals surface area contributed by atoms with E-state index in [4.69, 9.17) is 28.4 Å². The first kappa shape index (κ1) is 32.8. The normalized spacial score (nSPS) is 20.3. The third-order valence-electron chi connectivity index (χ3n) is 7.12. The van der Waals surface area contributed by atoms with Gasteiger partial charge in [-0.15, -0.1) is 6.58 Å². The Labute approximate surface area is 271 Å². The van der Waals surface area contributed by atoms with E-state index in [2.05, 4.69) is 6.58 Å². The fourth-order valence-corrected chi connectivity index (χ4v) is 4.82. The molecule has 0 amide bonds. The molecule has 1 heterocycles. The van der Waals surface area contributed by atoms with Gasteiger partial charge in [0.1, 0.15) is 12.7 Å². The Kier molecular flexibility index (Phi) is 11.3. The number of carbonyl (C=O) groups is 4. The molecule has 0 aromatic heterocycles. The highest BCUT2D eigenvalue weighted by atomic mass is 16.7. The largest absolute Gasteiger partial charge is 0.459 e. The summed E-state index contributed by atoms with van der Waals surface area (Å²) in [4.78, 5) is 53.2. The van der Waals surface area contributed by atoms with E-state index in [-0.39, 0.29) is 28.9 Å². The van der Waals surface area contributed by atoms with E-state index >= 15 is 0 Å². The first-order chi connectivity index (χ1) is 22.9. The number of ether oxygens (including phenoxy) is 6. The summed E-state index contributed by atoms with van der Waals surface area (Å²) in [5, 5.41) is 0. The zero-order chi connectivity index (χ0) is 33.0. The minimum Gasteiger partial charge on any atom is -0.459 e. The standard InChI is InChI=1S/C37H32O10/c1-2-23-42-37-32(47-36(41)28-21-13-6-14-22-28)31(46-35(40)27-19-11-5-12-20-27)30(45-34(39)26-17-9-4-10-18-26)29(44-37)24-43-33(38)25-15-7-3-8-16-25/h2-22,29-32,37H,1,23-24H2/t29-,30-,31+,32-,37-/m1/s1. The highest BCUT2D eigenvalue weighted by molar-refractivity contribution is 5.91. The van der Waals surface area contributed by atoms with Gasteiger partial charge >= 0.3 is 23.9 Å². The van der Waals surface area contributed by atoms with Crippen molar-refractivity contribution in [3.8, 4) is 0 Å². The van der Waals surface area contributed by atoms with Crippen LogP contribution in [0, 0.1) is 0 Å². The van der Waals surface area contributed by atoms with Gasteiger partial charge in [0.05, 0.1) is 28.9 Å². The summed E-state index contributed by atoms with van der Waals surface area (Å²) < 4.78 is 35.5. The monoisotopic (exact) mass is 636 g/mol. The van der Waals surface area contributed by atoms with Crippen molar-refractivity contribution in [1.29, 1.82) is 0 Å². The molecule has 0 bridgehead atoms. The molecule has 0 N–H and O–H groups in total. The molecule has 1 fully saturated rings.